The van der Waals surface area contributed by atoms with Crippen LogP contribution >= 0.6 is 0 Å². The molecular formula is C8H7F5Si. The molecule has 78 valence electrons. The van der Waals surface area contributed by atoms with E-state index >= 15 is 0 Å². The van der Waals surface area contributed by atoms with E-state index in [2.05, 4.69) is 0 Å². The molecule has 1 aromatic carbocycles. The third kappa shape index (κ3) is 1.66. The van der Waals surface area contributed by atoms with Crippen molar-refractivity contribution < 1.29 is 22.0 Å². The van der Waals surface area contributed by atoms with Crippen LogP contribution in [-0.2, 0) is 6.42 Å². The van der Waals surface area contributed by atoms with Crippen molar-refractivity contribution in [2.24, 2.45) is 0 Å². The van der Waals surface area contributed by atoms with Crippen LogP contribution in [0.4, 0.5) is 22.0 Å². The average molecular weight is 226 g/mol. The van der Waals surface area contributed by atoms with Crippen molar-refractivity contribution in [1.29, 1.82) is 0 Å². The van der Waals surface area contributed by atoms with E-state index in [9.17, 15) is 22.0 Å². The zero-order valence-corrected chi connectivity index (χ0v) is 9.30. The summed E-state index contributed by atoms with van der Waals surface area (Å²) in [4.78, 5) is 0. The van der Waals surface area contributed by atoms with Gasteiger partial charge in [-0.25, -0.2) is 22.0 Å². The lowest BCUT2D eigenvalue weighted by Gasteiger charge is -2.06. The first-order valence-electron chi connectivity index (χ1n) is 4.01. The first-order chi connectivity index (χ1) is 6.50. The number of benzene rings is 1. The third-order valence-electron chi connectivity index (χ3n) is 1.80. The molecular weight excluding hydrogens is 219 g/mol. The van der Waals surface area contributed by atoms with Crippen LogP contribution in [0.15, 0.2) is 0 Å². The maximum atomic E-state index is 12.9. The van der Waals surface area contributed by atoms with E-state index in [1.165, 1.54) is 0 Å². The van der Waals surface area contributed by atoms with Gasteiger partial charge in [-0.1, -0.05) is 6.04 Å². The topological polar surface area (TPSA) is 0 Å². The monoisotopic (exact) mass is 226 g/mol. The van der Waals surface area contributed by atoms with Gasteiger partial charge in [0.15, 0.2) is 23.3 Å². The quantitative estimate of drug-likeness (QED) is 0.312. The molecule has 14 heavy (non-hydrogen) atoms. The SMILES string of the molecule is Fc1c(F)c(F)c(CC[SiH3])c(F)c1F. The molecule has 0 nitrogen and oxygen atoms in total. The molecule has 0 aliphatic carbocycles. The van der Waals surface area contributed by atoms with E-state index in [-0.39, 0.29) is 6.42 Å². The molecule has 0 amide bonds. The molecule has 0 atom stereocenters. The second-order valence-corrected chi connectivity index (χ2v) is 3.80. The smallest absolute Gasteiger partial charge is 0.200 e. The molecule has 1 aromatic rings. The summed E-state index contributed by atoms with van der Waals surface area (Å²) in [6.45, 7) is 0. The second kappa shape index (κ2) is 4.08. The highest BCUT2D eigenvalue weighted by molar-refractivity contribution is 6.08. The molecule has 0 saturated carbocycles. The fourth-order valence-electron chi connectivity index (χ4n) is 1.12. The minimum Gasteiger partial charge on any atom is -0.203 e. The number of rotatable bonds is 2. The Morgan fingerprint density at radius 3 is 1.43 bits per heavy atom. The molecule has 0 unspecified atom stereocenters. The van der Waals surface area contributed by atoms with Gasteiger partial charge in [-0.3, -0.25) is 0 Å². The lowest BCUT2D eigenvalue weighted by molar-refractivity contribution is 0.370. The van der Waals surface area contributed by atoms with Crippen LogP contribution in [0.25, 0.3) is 0 Å². The van der Waals surface area contributed by atoms with E-state index in [0.29, 0.717) is 16.3 Å². The van der Waals surface area contributed by atoms with Gasteiger partial charge >= 0.3 is 0 Å². The van der Waals surface area contributed by atoms with Crippen LogP contribution in [0.5, 0.6) is 0 Å². The van der Waals surface area contributed by atoms with Crippen LogP contribution in [0.1, 0.15) is 5.56 Å². The Kier molecular flexibility index (Phi) is 3.25. The highest BCUT2D eigenvalue weighted by atomic mass is 28.1. The lowest BCUT2D eigenvalue weighted by Crippen LogP contribution is -2.06. The molecule has 0 saturated heterocycles. The van der Waals surface area contributed by atoms with E-state index < -0.39 is 34.6 Å². The van der Waals surface area contributed by atoms with Gasteiger partial charge in [-0.05, 0) is 6.42 Å². The van der Waals surface area contributed by atoms with Gasteiger partial charge in [0, 0.05) is 15.8 Å². The molecule has 1 rings (SSSR count). The van der Waals surface area contributed by atoms with E-state index in [0.717, 1.165) is 0 Å². The predicted molar refractivity (Wildman–Crippen MR) is 44.7 cm³/mol. The van der Waals surface area contributed by atoms with Gasteiger partial charge in [0.25, 0.3) is 0 Å². The van der Waals surface area contributed by atoms with Gasteiger partial charge in [0.1, 0.15) is 0 Å². The molecule has 0 N–H and O–H groups in total. The van der Waals surface area contributed by atoms with Gasteiger partial charge < -0.3 is 0 Å². The fourth-order valence-corrected chi connectivity index (χ4v) is 1.62. The molecule has 0 spiro atoms. The summed E-state index contributed by atoms with van der Waals surface area (Å²) in [6, 6.07) is 0.443. The molecule has 0 aliphatic rings. The van der Waals surface area contributed by atoms with Crippen molar-refractivity contribution in [2.45, 2.75) is 12.5 Å². The summed E-state index contributed by atoms with van der Waals surface area (Å²) >= 11 is 0. The van der Waals surface area contributed by atoms with Crippen molar-refractivity contribution in [2.75, 3.05) is 0 Å². The Labute approximate surface area is 80.2 Å². The summed E-state index contributed by atoms with van der Waals surface area (Å²) < 4.78 is 63.4. The molecule has 0 radical (unpaired) electrons. The average Bonchev–Trinajstić information content (AvgIpc) is 2.19. The Balaban J connectivity index is 3.43. The summed E-state index contributed by atoms with van der Waals surface area (Å²) in [5.74, 6) is -9.25. The second-order valence-electron chi connectivity index (χ2n) is 2.80. The van der Waals surface area contributed by atoms with E-state index in [1.54, 1.807) is 0 Å². The third-order valence-corrected chi connectivity index (χ3v) is 2.30. The highest BCUT2D eigenvalue weighted by Gasteiger charge is 2.24. The van der Waals surface area contributed by atoms with Gasteiger partial charge in [-0.15, -0.1) is 0 Å². The molecule has 0 heterocycles. The summed E-state index contributed by atoms with van der Waals surface area (Å²) in [7, 11) is 0.642. The number of hydrogen-bond donors (Lipinski definition) is 0. The van der Waals surface area contributed by atoms with Crippen LogP contribution in [0, 0.1) is 29.1 Å². The summed E-state index contributed by atoms with van der Waals surface area (Å²) in [5.41, 5.74) is -0.712. The van der Waals surface area contributed by atoms with Crippen molar-refractivity contribution in [3.8, 4) is 0 Å². The van der Waals surface area contributed by atoms with Gasteiger partial charge in [0.2, 0.25) is 5.82 Å². The molecule has 0 aromatic heterocycles. The normalized spacial score (nSPS) is 10.9. The van der Waals surface area contributed by atoms with Gasteiger partial charge in [0.05, 0.1) is 0 Å². The maximum Gasteiger partial charge on any atom is 0.200 e. The van der Waals surface area contributed by atoms with Crippen molar-refractivity contribution in [3.63, 3.8) is 0 Å². The summed E-state index contributed by atoms with van der Waals surface area (Å²) in [5, 5.41) is 0. The Hall–Kier alpha value is -0.913. The zero-order chi connectivity index (χ0) is 10.9. The minimum absolute atomic E-state index is 0.113. The van der Waals surface area contributed by atoms with E-state index in [1.807, 2.05) is 0 Å². The Bertz CT molecular complexity index is 334. The van der Waals surface area contributed by atoms with Crippen molar-refractivity contribution in [1.82, 2.24) is 0 Å². The maximum absolute atomic E-state index is 12.9. The van der Waals surface area contributed by atoms with E-state index in [4.69, 9.17) is 0 Å². The zero-order valence-electron chi connectivity index (χ0n) is 7.30. The largest absolute Gasteiger partial charge is 0.203 e. The Morgan fingerprint density at radius 2 is 1.07 bits per heavy atom. The molecule has 0 aliphatic heterocycles. The molecule has 0 bridgehead atoms. The standard InChI is InChI=1S/C8H7F5Si/c9-4-3(1-2-14)5(10)7(12)8(13)6(4)11/h1-2H2,14H3. The number of hydrogen-bond acceptors (Lipinski definition) is 0. The van der Waals surface area contributed by atoms with Crippen LogP contribution < -0.4 is 0 Å². The first-order valence-corrected chi connectivity index (χ1v) is 5.42. The van der Waals surface area contributed by atoms with Crippen molar-refractivity contribution >= 4 is 10.2 Å². The molecule has 6 heteroatoms. The van der Waals surface area contributed by atoms with Crippen molar-refractivity contribution in [3.05, 3.63) is 34.6 Å². The molecule has 0 fully saturated rings. The fraction of sp³-hybridized carbons (Fsp3) is 0.250. The predicted octanol–water partition coefficient (Wildman–Crippen LogP) is 1.71. The highest BCUT2D eigenvalue weighted by Crippen LogP contribution is 2.23. The number of halogens is 5. The van der Waals surface area contributed by atoms with Gasteiger partial charge in [-0.2, -0.15) is 0 Å². The van der Waals surface area contributed by atoms with Crippen LogP contribution in [0.2, 0.25) is 6.04 Å². The first kappa shape index (κ1) is 11.2. The summed E-state index contributed by atoms with van der Waals surface area (Å²) in [6.07, 6.45) is -0.113. The minimum atomic E-state index is -2.10. The Morgan fingerprint density at radius 1 is 0.714 bits per heavy atom. The van der Waals surface area contributed by atoms with Crippen LogP contribution in [0.3, 0.4) is 0 Å². The van der Waals surface area contributed by atoms with Crippen LogP contribution in [-0.4, -0.2) is 10.2 Å². The lowest BCUT2D eigenvalue weighted by atomic mass is 10.1.